The summed E-state index contributed by atoms with van der Waals surface area (Å²) in [6.45, 7) is 0. The molecule has 0 fully saturated rings. The Kier molecular flexibility index (Phi) is 4.57. The van der Waals surface area contributed by atoms with Gasteiger partial charge in [-0.2, -0.15) is 30.7 Å². The van der Waals surface area contributed by atoms with Crippen molar-refractivity contribution in [1.82, 2.24) is 0 Å². The van der Waals surface area contributed by atoms with E-state index in [9.17, 15) is 48.3 Å². The second kappa shape index (κ2) is 6.08. The summed E-state index contributed by atoms with van der Waals surface area (Å²) in [7, 11) is 0. The van der Waals surface area contributed by atoms with Crippen molar-refractivity contribution in [3.63, 3.8) is 0 Å². The van der Waals surface area contributed by atoms with Crippen molar-refractivity contribution in [1.29, 1.82) is 0 Å². The van der Waals surface area contributed by atoms with E-state index in [2.05, 4.69) is 4.74 Å². The first-order valence-corrected chi connectivity index (χ1v) is 5.81. The maximum Gasteiger partial charge on any atom is 0.422 e. The van der Waals surface area contributed by atoms with Crippen molar-refractivity contribution in [3.8, 4) is 11.5 Å². The lowest BCUT2D eigenvalue weighted by molar-refractivity contribution is -0.143. The first-order valence-electron chi connectivity index (χ1n) is 5.81. The highest BCUT2D eigenvalue weighted by atomic mass is 19.4. The van der Waals surface area contributed by atoms with E-state index in [0.717, 1.165) is 0 Å². The average Bonchev–Trinajstić information content (AvgIpc) is 2.49. The molecule has 0 amide bonds. The molecule has 0 aliphatic rings. The summed E-state index contributed by atoms with van der Waals surface area (Å²) < 4.78 is 147. The lowest BCUT2D eigenvalue weighted by Gasteiger charge is -2.15. The molecule has 25 heavy (non-hydrogen) atoms. The normalized spacial score (nSPS) is 11.8. The first kappa shape index (κ1) is 18.8. The van der Waals surface area contributed by atoms with E-state index in [1.807, 2.05) is 0 Å². The van der Waals surface area contributed by atoms with Crippen molar-refractivity contribution in [2.24, 2.45) is 0 Å². The molecule has 2 aromatic rings. The van der Waals surface area contributed by atoms with Gasteiger partial charge in [0.05, 0.1) is 0 Å². The molecule has 0 aliphatic carbocycles. The summed E-state index contributed by atoms with van der Waals surface area (Å²) in [4.78, 5) is 0. The van der Waals surface area contributed by atoms with Gasteiger partial charge in [-0.1, -0.05) is 0 Å². The van der Waals surface area contributed by atoms with E-state index in [1.54, 1.807) is 0 Å². The van der Waals surface area contributed by atoms with E-state index in [-0.39, 0.29) is 6.07 Å². The molecule has 0 bridgehead atoms. The third-order valence-electron chi connectivity index (χ3n) is 2.78. The quantitative estimate of drug-likeness (QED) is 0.485. The Balaban J connectivity index is 2.72. The van der Waals surface area contributed by atoms with Crippen molar-refractivity contribution in [2.45, 2.75) is 6.18 Å². The van der Waals surface area contributed by atoms with Gasteiger partial charge in [0.25, 0.3) is 0 Å². The predicted octanol–water partition coefficient (Wildman–Crippen LogP) is 5.61. The van der Waals surface area contributed by atoms with Crippen molar-refractivity contribution in [3.05, 3.63) is 58.2 Å². The summed E-state index contributed by atoms with van der Waals surface area (Å²) in [6.07, 6.45) is -5.87. The maximum absolute atomic E-state index is 13.5. The first-order chi connectivity index (χ1) is 11.4. The Bertz CT molecular complexity index is 801. The third-order valence-corrected chi connectivity index (χ3v) is 2.78. The molecule has 2 aromatic carbocycles. The molecule has 0 atom stereocenters. The molecule has 1 nitrogen and oxygen atoms in total. The fourth-order valence-electron chi connectivity index (χ4n) is 1.69. The third kappa shape index (κ3) is 3.07. The molecule has 0 N–H and O–H groups in total. The number of benzene rings is 2. The van der Waals surface area contributed by atoms with Crippen LogP contribution in [0.1, 0.15) is 5.56 Å². The molecule has 0 aromatic heterocycles. The second-order valence-corrected chi connectivity index (χ2v) is 4.36. The van der Waals surface area contributed by atoms with Crippen LogP contribution in [-0.2, 0) is 6.18 Å². The molecule has 2 rings (SSSR count). The minimum atomic E-state index is -5.87. The molecule has 136 valence electrons. The number of ether oxygens (including phenoxy) is 1. The van der Waals surface area contributed by atoms with Crippen molar-refractivity contribution in [2.75, 3.05) is 0 Å². The van der Waals surface area contributed by atoms with Crippen LogP contribution in [0.2, 0.25) is 0 Å². The van der Waals surface area contributed by atoms with E-state index in [4.69, 9.17) is 0 Å². The Hall–Kier alpha value is -2.53. The largest absolute Gasteiger partial charge is 0.444 e. The average molecular weight is 382 g/mol. The molecule has 12 heteroatoms. The summed E-state index contributed by atoms with van der Waals surface area (Å²) in [5.41, 5.74) is -2.97. The highest BCUT2D eigenvalue weighted by molar-refractivity contribution is 5.40. The van der Waals surface area contributed by atoms with Gasteiger partial charge in [-0.15, -0.1) is 0 Å². The Morgan fingerprint density at radius 1 is 0.560 bits per heavy atom. The lowest BCUT2D eigenvalue weighted by Crippen LogP contribution is -2.16. The zero-order valence-electron chi connectivity index (χ0n) is 11.1. The zero-order chi connectivity index (χ0) is 19.3. The van der Waals surface area contributed by atoms with Crippen molar-refractivity contribution < 1.29 is 53.0 Å². The summed E-state index contributed by atoms with van der Waals surface area (Å²) in [5, 5.41) is 0. The van der Waals surface area contributed by atoms with Crippen LogP contribution in [0.4, 0.5) is 48.3 Å². The van der Waals surface area contributed by atoms with Gasteiger partial charge in [-0.25, -0.2) is 17.6 Å². The standard InChI is InChI=1S/C13HF11O/c14-2-1-3(15)6(17)11(5(2)16)25-12-9(20)7(18)4(13(22,23)24)8(19)10(12)21/h1H. The molecular formula is C13HF11O. The highest BCUT2D eigenvalue weighted by Crippen LogP contribution is 2.41. The van der Waals surface area contributed by atoms with Crippen LogP contribution in [0, 0.1) is 46.5 Å². The molecule has 0 heterocycles. The van der Waals surface area contributed by atoms with Crippen LogP contribution < -0.4 is 4.74 Å². The van der Waals surface area contributed by atoms with E-state index >= 15 is 0 Å². The molecule has 0 aliphatic heterocycles. The fraction of sp³-hybridized carbons (Fsp3) is 0.0769. The molecule has 0 radical (unpaired) electrons. The number of halogens is 11. The number of hydrogen-bond donors (Lipinski definition) is 0. The van der Waals surface area contributed by atoms with Crippen LogP contribution in [-0.4, -0.2) is 0 Å². The molecule has 0 unspecified atom stereocenters. The summed E-state index contributed by atoms with van der Waals surface area (Å²) in [5.74, 6) is -25.1. The van der Waals surface area contributed by atoms with Gasteiger partial charge in [0, 0.05) is 6.07 Å². The van der Waals surface area contributed by atoms with Gasteiger partial charge in [0.1, 0.15) is 5.56 Å². The highest BCUT2D eigenvalue weighted by Gasteiger charge is 2.43. The SMILES string of the molecule is Fc1cc(F)c(F)c(Oc2c(F)c(F)c(C(F)(F)F)c(F)c2F)c1F. The van der Waals surface area contributed by atoms with Gasteiger partial charge in [-0.05, 0) is 0 Å². The van der Waals surface area contributed by atoms with Gasteiger partial charge in [0.15, 0.2) is 23.3 Å². The maximum atomic E-state index is 13.5. The van der Waals surface area contributed by atoms with Crippen LogP contribution in [0.5, 0.6) is 11.5 Å². The van der Waals surface area contributed by atoms with Gasteiger partial charge < -0.3 is 4.74 Å². The smallest absolute Gasteiger partial charge is 0.422 e. The number of rotatable bonds is 2. The zero-order valence-corrected chi connectivity index (χ0v) is 11.1. The number of hydrogen-bond acceptors (Lipinski definition) is 1. The topological polar surface area (TPSA) is 9.23 Å². The molecule has 0 saturated heterocycles. The van der Waals surface area contributed by atoms with Crippen LogP contribution in [0.3, 0.4) is 0 Å². The van der Waals surface area contributed by atoms with Gasteiger partial charge >= 0.3 is 6.18 Å². The van der Waals surface area contributed by atoms with Crippen LogP contribution >= 0.6 is 0 Å². The monoisotopic (exact) mass is 382 g/mol. The van der Waals surface area contributed by atoms with E-state index < -0.39 is 69.8 Å². The second-order valence-electron chi connectivity index (χ2n) is 4.36. The predicted molar refractivity (Wildman–Crippen MR) is 57.6 cm³/mol. The Morgan fingerprint density at radius 2 is 0.920 bits per heavy atom. The minimum Gasteiger partial charge on any atom is -0.444 e. The Labute approximate surface area is 130 Å². The van der Waals surface area contributed by atoms with E-state index in [0.29, 0.717) is 0 Å². The molecular weight excluding hydrogens is 381 g/mol. The minimum absolute atomic E-state index is 0.321. The van der Waals surface area contributed by atoms with Crippen LogP contribution in [0.25, 0.3) is 0 Å². The number of alkyl halides is 3. The molecule has 0 spiro atoms. The van der Waals surface area contributed by atoms with Crippen LogP contribution in [0.15, 0.2) is 6.07 Å². The van der Waals surface area contributed by atoms with Gasteiger partial charge in [-0.3, -0.25) is 0 Å². The van der Waals surface area contributed by atoms with Crippen molar-refractivity contribution >= 4 is 0 Å². The lowest BCUT2D eigenvalue weighted by atomic mass is 10.1. The fourth-order valence-corrected chi connectivity index (χ4v) is 1.69. The van der Waals surface area contributed by atoms with E-state index in [1.165, 1.54) is 0 Å². The Morgan fingerprint density at radius 3 is 1.28 bits per heavy atom. The molecule has 0 saturated carbocycles. The van der Waals surface area contributed by atoms with Gasteiger partial charge in [0.2, 0.25) is 34.8 Å². The summed E-state index contributed by atoms with van der Waals surface area (Å²) >= 11 is 0. The summed E-state index contributed by atoms with van der Waals surface area (Å²) in [6, 6.07) is -0.321.